The highest BCUT2D eigenvalue weighted by atomic mass is 16.3. The zero-order chi connectivity index (χ0) is 10.3. The zero-order valence-electron chi connectivity index (χ0n) is 8.82. The molecule has 2 nitrogen and oxygen atoms in total. The highest BCUT2D eigenvalue weighted by Gasteiger charge is 2.43. The maximum atomic E-state index is 10.7. The third-order valence-electron chi connectivity index (χ3n) is 3.81. The molecule has 3 rings (SSSR count). The van der Waals surface area contributed by atoms with Crippen molar-refractivity contribution in [3.05, 3.63) is 35.9 Å². The molecule has 2 heterocycles. The fourth-order valence-electron chi connectivity index (χ4n) is 3.11. The van der Waals surface area contributed by atoms with E-state index in [0.29, 0.717) is 12.1 Å². The number of aliphatic hydroxyl groups is 1. The van der Waals surface area contributed by atoms with Crippen molar-refractivity contribution in [1.82, 2.24) is 5.32 Å². The van der Waals surface area contributed by atoms with Crippen LogP contribution in [0.4, 0.5) is 0 Å². The first-order valence-corrected chi connectivity index (χ1v) is 5.80. The van der Waals surface area contributed by atoms with Crippen LogP contribution in [-0.4, -0.2) is 17.2 Å². The van der Waals surface area contributed by atoms with Crippen molar-refractivity contribution in [3.8, 4) is 0 Å². The molecule has 1 aromatic rings. The summed E-state index contributed by atoms with van der Waals surface area (Å²) >= 11 is 0. The summed E-state index contributed by atoms with van der Waals surface area (Å²) < 4.78 is 0. The van der Waals surface area contributed by atoms with Gasteiger partial charge in [0.2, 0.25) is 0 Å². The summed E-state index contributed by atoms with van der Waals surface area (Å²) in [5, 5.41) is 14.2. The van der Waals surface area contributed by atoms with Gasteiger partial charge in [0, 0.05) is 12.1 Å². The highest BCUT2D eigenvalue weighted by Crippen LogP contribution is 2.40. The summed E-state index contributed by atoms with van der Waals surface area (Å²) in [5.74, 6) is 0. The summed E-state index contributed by atoms with van der Waals surface area (Å²) in [6.45, 7) is 0. The lowest BCUT2D eigenvalue weighted by Gasteiger charge is -2.37. The number of piperidine rings is 1. The van der Waals surface area contributed by atoms with Gasteiger partial charge in [-0.15, -0.1) is 0 Å². The molecule has 2 N–H and O–H groups in total. The minimum Gasteiger partial charge on any atom is -0.385 e. The van der Waals surface area contributed by atoms with Crippen molar-refractivity contribution >= 4 is 0 Å². The van der Waals surface area contributed by atoms with Crippen molar-refractivity contribution in [1.29, 1.82) is 0 Å². The van der Waals surface area contributed by atoms with Gasteiger partial charge >= 0.3 is 0 Å². The van der Waals surface area contributed by atoms with Crippen LogP contribution in [0.2, 0.25) is 0 Å². The molecule has 1 aromatic carbocycles. The highest BCUT2D eigenvalue weighted by molar-refractivity contribution is 5.24. The molecule has 0 aromatic heterocycles. The summed E-state index contributed by atoms with van der Waals surface area (Å²) in [6.07, 6.45) is 4.18. The molecular weight excluding hydrogens is 186 g/mol. The Morgan fingerprint density at radius 1 is 1.07 bits per heavy atom. The first kappa shape index (κ1) is 9.37. The molecule has 2 aliphatic heterocycles. The summed E-state index contributed by atoms with van der Waals surface area (Å²) in [4.78, 5) is 0. The van der Waals surface area contributed by atoms with E-state index >= 15 is 0 Å². The Balaban J connectivity index is 1.91. The van der Waals surface area contributed by atoms with Crippen LogP contribution in [0.15, 0.2) is 30.3 Å². The molecule has 2 aliphatic rings. The third-order valence-corrected chi connectivity index (χ3v) is 3.81. The molecule has 2 heteroatoms. The molecular formula is C13H17NO. The van der Waals surface area contributed by atoms with Crippen LogP contribution >= 0.6 is 0 Å². The summed E-state index contributed by atoms with van der Waals surface area (Å²) in [6, 6.07) is 11.2. The Kier molecular flexibility index (Phi) is 2.08. The van der Waals surface area contributed by atoms with E-state index in [9.17, 15) is 5.11 Å². The number of rotatable bonds is 1. The first-order chi connectivity index (χ1) is 7.26. The van der Waals surface area contributed by atoms with Gasteiger partial charge in [0.15, 0.2) is 0 Å². The fraction of sp³-hybridized carbons (Fsp3) is 0.538. The number of benzene rings is 1. The van der Waals surface area contributed by atoms with Crippen molar-refractivity contribution in [2.45, 2.75) is 43.4 Å². The lowest BCUT2D eigenvalue weighted by atomic mass is 9.81. The quantitative estimate of drug-likeness (QED) is 0.729. The molecule has 15 heavy (non-hydrogen) atoms. The molecule has 0 unspecified atom stereocenters. The lowest BCUT2D eigenvalue weighted by molar-refractivity contribution is -0.0114. The SMILES string of the molecule is O[C@]1(c2ccccc2)C[C@H]2CC[C@@H](C1)N2. The Labute approximate surface area is 90.3 Å². The van der Waals surface area contributed by atoms with Gasteiger partial charge in [0.25, 0.3) is 0 Å². The van der Waals surface area contributed by atoms with Crippen molar-refractivity contribution in [2.24, 2.45) is 0 Å². The standard InChI is InChI=1S/C13H17NO/c15-13(10-4-2-1-3-5-10)8-11-6-7-12(9-13)14-11/h1-5,11-12,14-15H,6-9H2/t11-,12+,13-. The molecule has 80 valence electrons. The van der Waals surface area contributed by atoms with Gasteiger partial charge in [-0.2, -0.15) is 0 Å². The van der Waals surface area contributed by atoms with E-state index < -0.39 is 5.60 Å². The second-order valence-electron chi connectivity index (χ2n) is 4.94. The topological polar surface area (TPSA) is 32.3 Å². The monoisotopic (exact) mass is 203 g/mol. The van der Waals surface area contributed by atoms with E-state index in [2.05, 4.69) is 5.32 Å². The number of hydrogen-bond acceptors (Lipinski definition) is 2. The predicted octanol–water partition coefficient (Wildman–Crippen LogP) is 1.79. The molecule has 0 amide bonds. The van der Waals surface area contributed by atoms with Crippen molar-refractivity contribution in [3.63, 3.8) is 0 Å². The third kappa shape index (κ3) is 1.58. The Bertz CT molecular complexity index is 337. The van der Waals surface area contributed by atoms with E-state index in [4.69, 9.17) is 0 Å². The number of nitrogens with one attached hydrogen (secondary N) is 1. The largest absolute Gasteiger partial charge is 0.385 e. The van der Waals surface area contributed by atoms with Gasteiger partial charge in [0.1, 0.15) is 0 Å². The molecule has 0 saturated carbocycles. The minimum atomic E-state index is -0.585. The van der Waals surface area contributed by atoms with Gasteiger partial charge in [-0.25, -0.2) is 0 Å². The van der Waals surface area contributed by atoms with Gasteiger partial charge < -0.3 is 10.4 Å². The molecule has 3 atom stereocenters. The Morgan fingerprint density at radius 3 is 2.27 bits per heavy atom. The number of hydrogen-bond donors (Lipinski definition) is 2. The van der Waals surface area contributed by atoms with Gasteiger partial charge in [-0.05, 0) is 31.2 Å². The fourth-order valence-corrected chi connectivity index (χ4v) is 3.11. The molecule has 0 spiro atoms. The van der Waals surface area contributed by atoms with Crippen LogP contribution in [0, 0.1) is 0 Å². The minimum absolute atomic E-state index is 0.522. The van der Waals surface area contributed by atoms with Crippen LogP contribution in [0.1, 0.15) is 31.2 Å². The molecule has 0 radical (unpaired) electrons. The van der Waals surface area contributed by atoms with Crippen LogP contribution in [0.5, 0.6) is 0 Å². The maximum absolute atomic E-state index is 10.7. The van der Waals surface area contributed by atoms with Crippen LogP contribution in [0.25, 0.3) is 0 Å². The van der Waals surface area contributed by atoms with E-state index in [-0.39, 0.29) is 0 Å². The zero-order valence-corrected chi connectivity index (χ0v) is 8.82. The van der Waals surface area contributed by atoms with E-state index in [1.807, 2.05) is 30.3 Å². The molecule has 2 bridgehead atoms. The van der Waals surface area contributed by atoms with Crippen LogP contribution in [0.3, 0.4) is 0 Å². The van der Waals surface area contributed by atoms with Crippen LogP contribution < -0.4 is 5.32 Å². The molecule has 2 saturated heterocycles. The Morgan fingerprint density at radius 2 is 1.67 bits per heavy atom. The normalized spacial score (nSPS) is 39.3. The Hall–Kier alpha value is -0.860. The van der Waals surface area contributed by atoms with Gasteiger partial charge in [-0.1, -0.05) is 30.3 Å². The summed E-state index contributed by atoms with van der Waals surface area (Å²) in [5.41, 5.74) is 0.502. The molecule has 2 fully saturated rings. The first-order valence-electron chi connectivity index (χ1n) is 5.80. The average molecular weight is 203 g/mol. The van der Waals surface area contributed by atoms with Gasteiger partial charge in [-0.3, -0.25) is 0 Å². The maximum Gasteiger partial charge on any atom is 0.0926 e. The predicted molar refractivity (Wildman–Crippen MR) is 59.5 cm³/mol. The van der Waals surface area contributed by atoms with Crippen molar-refractivity contribution in [2.75, 3.05) is 0 Å². The van der Waals surface area contributed by atoms with Gasteiger partial charge in [0.05, 0.1) is 5.60 Å². The number of fused-ring (bicyclic) bond motifs is 2. The van der Waals surface area contributed by atoms with E-state index in [1.54, 1.807) is 0 Å². The van der Waals surface area contributed by atoms with E-state index in [0.717, 1.165) is 18.4 Å². The summed E-state index contributed by atoms with van der Waals surface area (Å²) in [7, 11) is 0. The van der Waals surface area contributed by atoms with Crippen LogP contribution in [-0.2, 0) is 5.60 Å². The lowest BCUT2D eigenvalue weighted by Crippen LogP contribution is -2.46. The van der Waals surface area contributed by atoms with Crippen molar-refractivity contribution < 1.29 is 5.11 Å². The smallest absolute Gasteiger partial charge is 0.0926 e. The second kappa shape index (κ2) is 3.32. The average Bonchev–Trinajstić information content (AvgIpc) is 2.60. The molecule has 0 aliphatic carbocycles. The second-order valence-corrected chi connectivity index (χ2v) is 4.94. The van der Waals surface area contributed by atoms with E-state index in [1.165, 1.54) is 12.8 Å².